The summed E-state index contributed by atoms with van der Waals surface area (Å²) in [6.45, 7) is 2.30. The van der Waals surface area contributed by atoms with Crippen LogP contribution in [0.4, 0.5) is 0 Å². The number of ether oxygens (including phenoxy) is 2. The van der Waals surface area contributed by atoms with Crippen molar-refractivity contribution in [1.29, 1.82) is 0 Å². The molecule has 26 heavy (non-hydrogen) atoms. The SMILES string of the molecule is CC(NC(=O)c1ccc(S(=O)(=O)N(C)C)c2c1OCCO2)c1ccc[nH]1. The summed E-state index contributed by atoms with van der Waals surface area (Å²) in [5.74, 6) is -0.150. The van der Waals surface area contributed by atoms with Gasteiger partial charge in [0.25, 0.3) is 5.91 Å². The second kappa shape index (κ2) is 7.00. The first-order valence-electron chi connectivity index (χ1n) is 8.11. The molecule has 1 atom stereocenters. The van der Waals surface area contributed by atoms with Crippen LogP contribution in [-0.2, 0) is 10.0 Å². The number of sulfonamides is 1. The Hall–Kier alpha value is -2.52. The van der Waals surface area contributed by atoms with Crippen LogP contribution >= 0.6 is 0 Å². The molecule has 0 fully saturated rings. The smallest absolute Gasteiger partial charge is 0.255 e. The summed E-state index contributed by atoms with van der Waals surface area (Å²) in [6, 6.07) is 6.28. The van der Waals surface area contributed by atoms with Crippen LogP contribution in [0.5, 0.6) is 11.5 Å². The molecule has 1 aliphatic heterocycles. The summed E-state index contributed by atoms with van der Waals surface area (Å²) in [5, 5.41) is 2.86. The molecule has 2 aromatic rings. The average Bonchev–Trinajstić information content (AvgIpc) is 3.15. The molecular formula is C17H21N3O5S. The molecule has 140 valence electrons. The number of benzene rings is 1. The summed E-state index contributed by atoms with van der Waals surface area (Å²) in [5.41, 5.74) is 1.09. The van der Waals surface area contributed by atoms with Crippen LogP contribution in [0.15, 0.2) is 35.4 Å². The molecule has 1 aromatic carbocycles. The number of carbonyl (C=O) groups is 1. The van der Waals surface area contributed by atoms with Crippen molar-refractivity contribution in [2.45, 2.75) is 17.9 Å². The highest BCUT2D eigenvalue weighted by atomic mass is 32.2. The molecule has 1 aliphatic rings. The van der Waals surface area contributed by atoms with Crippen LogP contribution in [0.1, 0.15) is 29.0 Å². The Kier molecular flexibility index (Phi) is 4.92. The van der Waals surface area contributed by atoms with E-state index in [1.165, 1.54) is 26.2 Å². The van der Waals surface area contributed by atoms with Crippen molar-refractivity contribution in [3.8, 4) is 11.5 Å². The van der Waals surface area contributed by atoms with Crippen molar-refractivity contribution in [2.24, 2.45) is 0 Å². The Labute approximate surface area is 152 Å². The molecule has 2 N–H and O–H groups in total. The number of H-pyrrole nitrogens is 1. The molecule has 1 unspecified atom stereocenters. The minimum Gasteiger partial charge on any atom is -0.485 e. The highest BCUT2D eigenvalue weighted by molar-refractivity contribution is 7.89. The van der Waals surface area contributed by atoms with E-state index >= 15 is 0 Å². The summed E-state index contributed by atoms with van der Waals surface area (Å²) < 4.78 is 37.2. The van der Waals surface area contributed by atoms with E-state index in [1.807, 2.05) is 19.1 Å². The first-order chi connectivity index (χ1) is 12.3. The fraction of sp³-hybridized carbons (Fsp3) is 0.353. The topological polar surface area (TPSA) is 101 Å². The van der Waals surface area contributed by atoms with Gasteiger partial charge < -0.3 is 19.8 Å². The number of fused-ring (bicyclic) bond motifs is 1. The Balaban J connectivity index is 1.97. The van der Waals surface area contributed by atoms with Gasteiger partial charge in [0.1, 0.15) is 18.1 Å². The summed E-state index contributed by atoms with van der Waals surface area (Å²) in [7, 11) is -0.859. The van der Waals surface area contributed by atoms with Crippen molar-refractivity contribution >= 4 is 15.9 Å². The van der Waals surface area contributed by atoms with Gasteiger partial charge in [-0.1, -0.05) is 0 Å². The number of aromatic nitrogens is 1. The second-order valence-corrected chi connectivity index (χ2v) is 8.19. The van der Waals surface area contributed by atoms with Crippen molar-refractivity contribution in [1.82, 2.24) is 14.6 Å². The minimum absolute atomic E-state index is 0.0221. The molecular weight excluding hydrogens is 358 g/mol. The summed E-state index contributed by atoms with van der Waals surface area (Å²) in [6.07, 6.45) is 1.78. The molecule has 9 heteroatoms. The van der Waals surface area contributed by atoms with Gasteiger partial charge in [-0.05, 0) is 31.2 Å². The van der Waals surface area contributed by atoms with Crippen LogP contribution in [0.3, 0.4) is 0 Å². The van der Waals surface area contributed by atoms with E-state index in [2.05, 4.69) is 10.3 Å². The number of amides is 1. The van der Waals surface area contributed by atoms with Crippen LogP contribution in [0.25, 0.3) is 0 Å². The van der Waals surface area contributed by atoms with Crippen molar-refractivity contribution in [2.75, 3.05) is 27.3 Å². The fourth-order valence-electron chi connectivity index (χ4n) is 2.66. The second-order valence-electron chi connectivity index (χ2n) is 6.07. The molecule has 1 aromatic heterocycles. The standard InChI is InChI=1S/C17H21N3O5S/c1-11(13-5-4-8-18-13)19-17(21)12-6-7-14(26(22,23)20(2)3)16-15(12)24-9-10-25-16/h4-8,11,18H,9-10H2,1-3H3,(H,19,21). The number of rotatable bonds is 5. The predicted molar refractivity (Wildman–Crippen MR) is 95.0 cm³/mol. The lowest BCUT2D eigenvalue weighted by molar-refractivity contribution is 0.0927. The lowest BCUT2D eigenvalue weighted by atomic mass is 10.1. The van der Waals surface area contributed by atoms with Crippen molar-refractivity contribution in [3.05, 3.63) is 41.7 Å². The van der Waals surface area contributed by atoms with Gasteiger partial charge in [0.05, 0.1) is 11.6 Å². The number of carbonyl (C=O) groups excluding carboxylic acids is 1. The lowest BCUT2D eigenvalue weighted by Gasteiger charge is -2.24. The minimum atomic E-state index is -3.73. The molecule has 1 amide bonds. The molecule has 0 radical (unpaired) electrons. The molecule has 0 saturated carbocycles. The summed E-state index contributed by atoms with van der Waals surface area (Å²) in [4.78, 5) is 15.7. The molecule has 0 saturated heterocycles. The van der Waals surface area contributed by atoms with Crippen LogP contribution in [0.2, 0.25) is 0 Å². The average molecular weight is 379 g/mol. The van der Waals surface area contributed by atoms with Gasteiger partial charge in [-0.2, -0.15) is 0 Å². The maximum Gasteiger partial charge on any atom is 0.255 e. The third-order valence-corrected chi connectivity index (χ3v) is 5.93. The first kappa shape index (κ1) is 18.3. The van der Waals surface area contributed by atoms with Gasteiger partial charge >= 0.3 is 0 Å². The van der Waals surface area contributed by atoms with E-state index in [1.54, 1.807) is 6.20 Å². The number of nitrogens with zero attached hydrogens (tertiary/aromatic N) is 1. The van der Waals surface area contributed by atoms with Gasteiger partial charge in [0, 0.05) is 26.0 Å². The van der Waals surface area contributed by atoms with Gasteiger partial charge in [0.2, 0.25) is 10.0 Å². The van der Waals surface area contributed by atoms with Crippen LogP contribution < -0.4 is 14.8 Å². The zero-order chi connectivity index (χ0) is 18.9. The maximum absolute atomic E-state index is 12.7. The van der Waals surface area contributed by atoms with Gasteiger partial charge in [-0.3, -0.25) is 4.79 Å². The van der Waals surface area contributed by atoms with Crippen molar-refractivity contribution < 1.29 is 22.7 Å². The van der Waals surface area contributed by atoms with Crippen LogP contribution in [-0.4, -0.2) is 50.9 Å². The zero-order valence-corrected chi connectivity index (χ0v) is 15.6. The third-order valence-electron chi connectivity index (χ3n) is 4.09. The van der Waals surface area contributed by atoms with Gasteiger partial charge in [0.15, 0.2) is 11.5 Å². The van der Waals surface area contributed by atoms with Gasteiger partial charge in [-0.15, -0.1) is 0 Å². The lowest BCUT2D eigenvalue weighted by Crippen LogP contribution is -2.29. The maximum atomic E-state index is 12.7. The third kappa shape index (κ3) is 3.27. The van der Waals surface area contributed by atoms with E-state index in [4.69, 9.17) is 9.47 Å². The van der Waals surface area contributed by atoms with E-state index in [-0.39, 0.29) is 47.1 Å². The quantitative estimate of drug-likeness (QED) is 0.820. The number of aromatic amines is 1. The number of nitrogens with one attached hydrogen (secondary N) is 2. The molecule has 0 spiro atoms. The normalized spacial score (nSPS) is 14.9. The highest BCUT2D eigenvalue weighted by Crippen LogP contribution is 2.40. The van der Waals surface area contributed by atoms with E-state index < -0.39 is 10.0 Å². The zero-order valence-electron chi connectivity index (χ0n) is 14.8. The van der Waals surface area contributed by atoms with Gasteiger partial charge in [-0.25, -0.2) is 12.7 Å². The number of hydrogen-bond donors (Lipinski definition) is 2. The largest absolute Gasteiger partial charge is 0.485 e. The Bertz CT molecular complexity index is 907. The van der Waals surface area contributed by atoms with E-state index in [0.717, 1.165) is 10.00 Å². The van der Waals surface area contributed by atoms with E-state index in [0.29, 0.717) is 0 Å². The molecule has 3 rings (SSSR count). The summed E-state index contributed by atoms with van der Waals surface area (Å²) >= 11 is 0. The van der Waals surface area contributed by atoms with Crippen molar-refractivity contribution in [3.63, 3.8) is 0 Å². The molecule has 2 heterocycles. The monoisotopic (exact) mass is 379 g/mol. The predicted octanol–water partition coefficient (Wildman–Crippen LogP) is 1.53. The Morgan fingerprint density at radius 3 is 2.50 bits per heavy atom. The highest BCUT2D eigenvalue weighted by Gasteiger charge is 2.31. The fourth-order valence-corrected chi connectivity index (χ4v) is 3.68. The van der Waals surface area contributed by atoms with E-state index in [9.17, 15) is 13.2 Å². The number of hydrogen-bond acceptors (Lipinski definition) is 5. The molecule has 0 bridgehead atoms. The Morgan fingerprint density at radius 2 is 1.88 bits per heavy atom. The Morgan fingerprint density at radius 1 is 1.19 bits per heavy atom. The molecule has 0 aliphatic carbocycles. The first-order valence-corrected chi connectivity index (χ1v) is 9.55. The van der Waals surface area contributed by atoms with Crippen LogP contribution in [0, 0.1) is 0 Å². The molecule has 8 nitrogen and oxygen atoms in total.